The standard InChI is InChI=1S/C16H21N7O/c1-10-11(2)19-20-16(15(10)7-17)22-5-6-24-14(8-22)9-23-13(4)18-12(3)21-23/h14H,5-6,8-9H2,1-4H3/t14-/m0/s1. The summed E-state index contributed by atoms with van der Waals surface area (Å²) in [5.41, 5.74) is 2.26. The molecule has 1 fully saturated rings. The zero-order chi connectivity index (χ0) is 17.3. The van der Waals surface area contributed by atoms with Gasteiger partial charge in [0.2, 0.25) is 0 Å². The second-order valence-electron chi connectivity index (χ2n) is 6.05. The Morgan fingerprint density at radius 1 is 1.25 bits per heavy atom. The molecule has 3 heterocycles. The van der Waals surface area contributed by atoms with Gasteiger partial charge in [-0.1, -0.05) is 0 Å². The number of nitriles is 1. The summed E-state index contributed by atoms with van der Waals surface area (Å²) in [6, 6.07) is 2.27. The summed E-state index contributed by atoms with van der Waals surface area (Å²) < 4.78 is 7.73. The molecule has 8 heteroatoms. The van der Waals surface area contributed by atoms with Gasteiger partial charge in [0.1, 0.15) is 23.3 Å². The maximum atomic E-state index is 9.50. The van der Waals surface area contributed by atoms with Crippen LogP contribution in [0.4, 0.5) is 5.82 Å². The summed E-state index contributed by atoms with van der Waals surface area (Å²) in [5, 5.41) is 22.3. The molecule has 0 aliphatic carbocycles. The number of aryl methyl sites for hydroxylation is 3. The van der Waals surface area contributed by atoms with Crippen molar-refractivity contribution in [3.63, 3.8) is 0 Å². The van der Waals surface area contributed by atoms with Crippen molar-refractivity contribution in [2.75, 3.05) is 24.6 Å². The van der Waals surface area contributed by atoms with Gasteiger partial charge in [-0.15, -0.1) is 5.10 Å². The molecule has 126 valence electrons. The molecular weight excluding hydrogens is 306 g/mol. The van der Waals surface area contributed by atoms with Crippen LogP contribution in [0.25, 0.3) is 0 Å². The SMILES string of the molecule is Cc1nc(C)n(C[C@@H]2CN(c3nnc(C)c(C)c3C#N)CCO2)n1. The minimum absolute atomic E-state index is 0.0338. The van der Waals surface area contributed by atoms with E-state index < -0.39 is 0 Å². The van der Waals surface area contributed by atoms with E-state index in [0.29, 0.717) is 37.6 Å². The molecule has 0 N–H and O–H groups in total. The first kappa shape index (κ1) is 16.3. The second kappa shape index (κ2) is 6.53. The largest absolute Gasteiger partial charge is 0.373 e. The van der Waals surface area contributed by atoms with E-state index in [1.807, 2.05) is 32.4 Å². The summed E-state index contributed by atoms with van der Waals surface area (Å²) >= 11 is 0. The minimum atomic E-state index is -0.0338. The Labute approximate surface area is 141 Å². The average molecular weight is 327 g/mol. The zero-order valence-corrected chi connectivity index (χ0v) is 14.4. The lowest BCUT2D eigenvalue weighted by atomic mass is 10.1. The van der Waals surface area contributed by atoms with E-state index in [0.717, 1.165) is 22.9 Å². The van der Waals surface area contributed by atoms with Crippen molar-refractivity contribution in [1.29, 1.82) is 5.26 Å². The van der Waals surface area contributed by atoms with Crippen molar-refractivity contribution in [3.8, 4) is 6.07 Å². The van der Waals surface area contributed by atoms with Crippen LogP contribution in [0.1, 0.15) is 28.5 Å². The van der Waals surface area contributed by atoms with Crippen molar-refractivity contribution in [2.45, 2.75) is 40.3 Å². The van der Waals surface area contributed by atoms with E-state index in [2.05, 4.69) is 31.2 Å². The summed E-state index contributed by atoms with van der Waals surface area (Å²) in [6.07, 6.45) is -0.0338. The molecule has 1 aliphatic heterocycles. The highest BCUT2D eigenvalue weighted by molar-refractivity contribution is 5.57. The van der Waals surface area contributed by atoms with Crippen LogP contribution in [0.2, 0.25) is 0 Å². The predicted octanol–water partition coefficient (Wildman–Crippen LogP) is 1.08. The van der Waals surface area contributed by atoms with Gasteiger partial charge in [0.05, 0.1) is 24.9 Å². The third-order valence-electron chi connectivity index (χ3n) is 4.33. The zero-order valence-electron chi connectivity index (χ0n) is 14.4. The first-order chi connectivity index (χ1) is 11.5. The van der Waals surface area contributed by atoms with E-state index in [1.165, 1.54) is 0 Å². The molecule has 0 spiro atoms. The van der Waals surface area contributed by atoms with E-state index in [9.17, 15) is 5.26 Å². The smallest absolute Gasteiger partial charge is 0.169 e. The molecule has 0 saturated carbocycles. The summed E-state index contributed by atoms with van der Waals surface area (Å²) in [6.45, 7) is 10.1. The topological polar surface area (TPSA) is 92.8 Å². The second-order valence-corrected chi connectivity index (χ2v) is 6.05. The number of nitrogens with zero attached hydrogens (tertiary/aromatic N) is 7. The van der Waals surface area contributed by atoms with Crippen LogP contribution in [0, 0.1) is 39.0 Å². The van der Waals surface area contributed by atoms with Crippen LogP contribution in [0.5, 0.6) is 0 Å². The van der Waals surface area contributed by atoms with Crippen LogP contribution >= 0.6 is 0 Å². The molecule has 0 amide bonds. The molecule has 1 atom stereocenters. The molecule has 0 aromatic carbocycles. The maximum absolute atomic E-state index is 9.50. The summed E-state index contributed by atoms with van der Waals surface area (Å²) in [7, 11) is 0. The fraction of sp³-hybridized carbons (Fsp3) is 0.562. The monoisotopic (exact) mass is 327 g/mol. The molecule has 2 aromatic rings. The van der Waals surface area contributed by atoms with Crippen LogP contribution in [0.15, 0.2) is 0 Å². The predicted molar refractivity (Wildman–Crippen MR) is 87.7 cm³/mol. The lowest BCUT2D eigenvalue weighted by Gasteiger charge is -2.34. The summed E-state index contributed by atoms with van der Waals surface area (Å²) in [4.78, 5) is 6.39. The lowest BCUT2D eigenvalue weighted by Crippen LogP contribution is -2.45. The number of hydrogen-bond donors (Lipinski definition) is 0. The van der Waals surface area contributed by atoms with Gasteiger partial charge in [0, 0.05) is 13.1 Å². The number of hydrogen-bond acceptors (Lipinski definition) is 7. The molecule has 0 unspecified atom stereocenters. The Balaban J connectivity index is 1.80. The van der Waals surface area contributed by atoms with Gasteiger partial charge in [-0.05, 0) is 33.3 Å². The first-order valence-corrected chi connectivity index (χ1v) is 7.98. The minimum Gasteiger partial charge on any atom is -0.373 e. The van der Waals surface area contributed by atoms with E-state index >= 15 is 0 Å². The molecule has 0 bridgehead atoms. The van der Waals surface area contributed by atoms with E-state index in [-0.39, 0.29) is 6.10 Å². The van der Waals surface area contributed by atoms with Gasteiger partial charge >= 0.3 is 0 Å². The molecule has 24 heavy (non-hydrogen) atoms. The number of aromatic nitrogens is 5. The molecule has 3 rings (SSSR count). The van der Waals surface area contributed by atoms with Crippen molar-refractivity contribution >= 4 is 5.82 Å². The van der Waals surface area contributed by atoms with Gasteiger partial charge in [-0.3, -0.25) is 0 Å². The van der Waals surface area contributed by atoms with Crippen molar-refractivity contribution < 1.29 is 4.74 Å². The molecule has 1 aliphatic rings. The molecule has 1 saturated heterocycles. The lowest BCUT2D eigenvalue weighted by molar-refractivity contribution is 0.0266. The van der Waals surface area contributed by atoms with Crippen molar-refractivity contribution in [3.05, 3.63) is 28.5 Å². The van der Waals surface area contributed by atoms with E-state index in [4.69, 9.17) is 4.74 Å². The number of rotatable bonds is 3. The van der Waals surface area contributed by atoms with Crippen LogP contribution < -0.4 is 4.90 Å². The van der Waals surface area contributed by atoms with Crippen molar-refractivity contribution in [2.24, 2.45) is 0 Å². The first-order valence-electron chi connectivity index (χ1n) is 7.98. The quantitative estimate of drug-likeness (QED) is 0.832. The molecule has 0 radical (unpaired) electrons. The Morgan fingerprint density at radius 2 is 2.04 bits per heavy atom. The summed E-state index contributed by atoms with van der Waals surface area (Å²) in [5.74, 6) is 2.27. The number of ether oxygens (including phenoxy) is 1. The third-order valence-corrected chi connectivity index (χ3v) is 4.33. The van der Waals surface area contributed by atoms with Gasteiger partial charge in [-0.2, -0.15) is 15.5 Å². The van der Waals surface area contributed by atoms with Crippen molar-refractivity contribution in [1.82, 2.24) is 25.0 Å². The molecule has 2 aromatic heterocycles. The average Bonchev–Trinajstić information content (AvgIpc) is 2.87. The molecule has 8 nitrogen and oxygen atoms in total. The highest BCUT2D eigenvalue weighted by atomic mass is 16.5. The van der Waals surface area contributed by atoms with Gasteiger partial charge in [0.25, 0.3) is 0 Å². The highest BCUT2D eigenvalue weighted by Crippen LogP contribution is 2.23. The highest BCUT2D eigenvalue weighted by Gasteiger charge is 2.26. The Morgan fingerprint density at radius 3 is 2.71 bits per heavy atom. The van der Waals surface area contributed by atoms with E-state index in [1.54, 1.807) is 0 Å². The fourth-order valence-corrected chi connectivity index (χ4v) is 2.90. The van der Waals surface area contributed by atoms with Crippen LogP contribution in [-0.2, 0) is 11.3 Å². The number of morpholine rings is 1. The van der Waals surface area contributed by atoms with Gasteiger partial charge in [0.15, 0.2) is 5.82 Å². The fourth-order valence-electron chi connectivity index (χ4n) is 2.90. The third kappa shape index (κ3) is 3.08. The Bertz CT molecular complexity index is 792. The van der Waals surface area contributed by atoms with Gasteiger partial charge in [-0.25, -0.2) is 9.67 Å². The van der Waals surface area contributed by atoms with Gasteiger partial charge < -0.3 is 9.64 Å². The van der Waals surface area contributed by atoms with Crippen LogP contribution in [0.3, 0.4) is 0 Å². The Hall–Kier alpha value is -2.53. The van der Waals surface area contributed by atoms with Crippen LogP contribution in [-0.4, -0.2) is 50.8 Å². The normalized spacial score (nSPS) is 17.8. The number of anilines is 1. The maximum Gasteiger partial charge on any atom is 0.169 e. The molecular formula is C16H21N7O. The Kier molecular flexibility index (Phi) is 4.44.